The molecule has 5 amide bonds. The topological polar surface area (TPSA) is 180 Å². The number of likely N-dealkylation sites (tertiary alicyclic amines) is 1. The summed E-state index contributed by atoms with van der Waals surface area (Å²) in [6.07, 6.45) is 3.23. The Morgan fingerprint density at radius 3 is 2.10 bits per heavy atom. The van der Waals surface area contributed by atoms with E-state index in [9.17, 15) is 29.1 Å². The number of pyridine rings is 1. The third kappa shape index (κ3) is 14.3. The molecule has 15 nitrogen and oxygen atoms in total. The maximum atomic E-state index is 14.7. The molecule has 1 aliphatic heterocycles. The first kappa shape index (κ1) is 55.7. The number of aliphatic hydroxyl groups excluding tert-OH is 1. The van der Waals surface area contributed by atoms with Crippen molar-refractivity contribution >= 4 is 51.3 Å². The highest BCUT2D eigenvalue weighted by Crippen LogP contribution is 2.52. The van der Waals surface area contributed by atoms with E-state index in [0.29, 0.717) is 37.8 Å². The molecule has 0 bridgehead atoms. The number of carbonyl (C=O) groups excluding carboxylic acids is 5. The van der Waals surface area contributed by atoms with Gasteiger partial charge in [-0.2, -0.15) is 0 Å². The van der Waals surface area contributed by atoms with Gasteiger partial charge in [0.05, 0.1) is 48.8 Å². The minimum absolute atomic E-state index is 0.0290. The van der Waals surface area contributed by atoms with E-state index in [1.165, 1.54) is 26.5 Å². The molecule has 2 heterocycles. The molecule has 1 saturated heterocycles. The van der Waals surface area contributed by atoms with Gasteiger partial charge in [-0.25, -0.2) is 9.78 Å². The average molecular weight is 971 g/mol. The van der Waals surface area contributed by atoms with Gasteiger partial charge in [0.1, 0.15) is 17.1 Å². The van der Waals surface area contributed by atoms with Crippen LogP contribution in [0.15, 0.2) is 59.8 Å². The number of rotatable bonds is 25. The lowest BCUT2D eigenvalue weighted by Crippen LogP contribution is -2.61. The molecule has 374 valence electrons. The molecular formula is C50H78N6O9S2. The van der Waals surface area contributed by atoms with Crippen LogP contribution in [0.5, 0.6) is 0 Å². The van der Waals surface area contributed by atoms with Crippen LogP contribution in [0, 0.1) is 23.7 Å². The van der Waals surface area contributed by atoms with Gasteiger partial charge in [0, 0.05) is 40.6 Å². The minimum atomic E-state index is -0.953. The number of nitrogens with zero attached hydrogens (tertiary/aromatic N) is 4. The molecule has 1 aromatic carbocycles. The Hall–Kier alpha value is -3.90. The number of carbonyl (C=O) groups is 5. The van der Waals surface area contributed by atoms with Crippen LogP contribution in [0.3, 0.4) is 0 Å². The van der Waals surface area contributed by atoms with Gasteiger partial charge in [-0.1, -0.05) is 91.3 Å². The third-order valence-electron chi connectivity index (χ3n) is 13.6. The van der Waals surface area contributed by atoms with E-state index in [1.807, 2.05) is 97.0 Å². The fourth-order valence-electron chi connectivity index (χ4n) is 9.30. The van der Waals surface area contributed by atoms with Crippen molar-refractivity contribution in [3.05, 3.63) is 60.3 Å². The van der Waals surface area contributed by atoms with Crippen LogP contribution >= 0.6 is 21.6 Å². The first-order valence-corrected chi connectivity index (χ1v) is 26.2. The maximum Gasteiger partial charge on any atom is 0.411 e. The summed E-state index contributed by atoms with van der Waals surface area (Å²) in [7, 11) is 7.71. The van der Waals surface area contributed by atoms with E-state index in [4.69, 9.17) is 14.2 Å². The highest BCUT2D eigenvalue weighted by molar-refractivity contribution is 8.77. The van der Waals surface area contributed by atoms with Crippen LogP contribution < -0.4 is 10.6 Å². The second-order valence-corrected chi connectivity index (χ2v) is 21.4. The van der Waals surface area contributed by atoms with Crippen LogP contribution in [0.1, 0.15) is 119 Å². The molecule has 17 heteroatoms. The monoisotopic (exact) mass is 971 g/mol. The van der Waals surface area contributed by atoms with Crippen LogP contribution in [0.4, 0.5) is 4.79 Å². The molecule has 0 unspecified atom stereocenters. The number of nitrogens with one attached hydrogen (secondary N) is 2. The van der Waals surface area contributed by atoms with Crippen molar-refractivity contribution in [2.24, 2.45) is 23.7 Å². The Morgan fingerprint density at radius 2 is 1.57 bits per heavy atom. The number of hydrogen-bond acceptors (Lipinski definition) is 12. The Kier molecular flexibility index (Phi) is 21.8. The minimum Gasteiger partial charge on any atom is -0.431 e. The standard InChI is InChI=1S/C50H78N6O9S2/c1-13-33(7)43(38(63-11)30-40(57)56-29-20-24-37(56)45(64-12)34(8)46(59)52-35(9)44(58)36-22-16-15-17-23-36)54(10)48(61)41(31(3)4)53-47(60)42(32(5)6)55(14-2)49(62)65-50(26-21-27-50)67-66-39-25-18-19-28-51-39/h15-19,22-23,25,28,31-35,37-38,41-45,58H,13-14,20-21,24,26-27,29-30H2,1-12H3,(H,52,59)(H,53,60)/t33-,34+,35+,37+,38+,41-,42-,43-,44+,45+/m0/s1. The van der Waals surface area contributed by atoms with Gasteiger partial charge >= 0.3 is 6.09 Å². The average Bonchev–Trinajstić information content (AvgIpc) is 3.79. The summed E-state index contributed by atoms with van der Waals surface area (Å²) in [5.74, 6) is -2.63. The zero-order valence-electron chi connectivity index (χ0n) is 41.8. The molecule has 0 spiro atoms. The first-order valence-electron chi connectivity index (χ1n) is 24.1. The zero-order chi connectivity index (χ0) is 49.6. The molecule has 2 aliphatic rings. The molecule has 2 fully saturated rings. The number of methoxy groups -OCH3 is 2. The van der Waals surface area contributed by atoms with Crippen LogP contribution in [0.2, 0.25) is 0 Å². The smallest absolute Gasteiger partial charge is 0.411 e. The maximum absolute atomic E-state index is 14.7. The number of ether oxygens (including phenoxy) is 3. The Morgan fingerprint density at radius 1 is 0.896 bits per heavy atom. The lowest BCUT2D eigenvalue weighted by atomic mass is 9.89. The van der Waals surface area contributed by atoms with Crippen molar-refractivity contribution in [2.75, 3.05) is 34.4 Å². The van der Waals surface area contributed by atoms with Crippen molar-refractivity contribution in [1.82, 2.24) is 30.3 Å². The second-order valence-electron chi connectivity index (χ2n) is 18.9. The molecule has 2 aromatic rings. The number of likely N-dealkylation sites (N-methyl/N-ethyl adjacent to an activating group) is 2. The van der Waals surface area contributed by atoms with E-state index in [0.717, 1.165) is 17.9 Å². The summed E-state index contributed by atoms with van der Waals surface area (Å²) >= 11 is 0. The van der Waals surface area contributed by atoms with Crippen molar-refractivity contribution in [1.29, 1.82) is 0 Å². The highest BCUT2D eigenvalue weighted by atomic mass is 33.1. The number of aromatic nitrogens is 1. The number of amides is 5. The van der Waals surface area contributed by atoms with Crippen molar-refractivity contribution < 1.29 is 43.3 Å². The molecule has 67 heavy (non-hydrogen) atoms. The normalized spacial score (nSPS) is 19.7. The highest BCUT2D eigenvalue weighted by Gasteiger charge is 2.47. The lowest BCUT2D eigenvalue weighted by Gasteiger charge is -2.42. The SMILES string of the molecule is CC[C@H](C)[C@@H]([C@@H](CC(=O)N1CCC[C@@H]1[C@H](OC)[C@@H](C)C(=O)N[C@H](C)[C@@H](O)c1ccccc1)OC)N(C)C(=O)[C@@H](NC(=O)[C@H](C(C)C)N(CC)C(=O)OC1(SSc2ccccn2)CCC1)C(C)C. The van der Waals surface area contributed by atoms with Gasteiger partial charge < -0.3 is 39.8 Å². The van der Waals surface area contributed by atoms with Crippen LogP contribution in [0.25, 0.3) is 0 Å². The molecule has 0 radical (unpaired) electrons. The van der Waals surface area contributed by atoms with Crippen molar-refractivity contribution in [3.8, 4) is 0 Å². The summed E-state index contributed by atoms with van der Waals surface area (Å²) in [6.45, 7) is 17.6. The molecule has 1 aromatic heterocycles. The fourth-order valence-corrected chi connectivity index (χ4v) is 11.9. The van der Waals surface area contributed by atoms with E-state index < -0.39 is 65.3 Å². The molecule has 1 aliphatic carbocycles. The van der Waals surface area contributed by atoms with Crippen LogP contribution in [-0.4, -0.2) is 136 Å². The molecular weight excluding hydrogens is 893 g/mol. The Bertz CT molecular complexity index is 1890. The van der Waals surface area contributed by atoms with E-state index in [2.05, 4.69) is 15.6 Å². The van der Waals surface area contributed by atoms with Gasteiger partial charge in [-0.15, -0.1) is 0 Å². The quantitative estimate of drug-likeness (QED) is 0.0661. The fraction of sp³-hybridized carbons (Fsp3) is 0.680. The number of benzene rings is 1. The molecule has 10 atom stereocenters. The van der Waals surface area contributed by atoms with Gasteiger partial charge in [-0.05, 0) is 103 Å². The Balaban J connectivity index is 1.47. The predicted octanol–water partition coefficient (Wildman–Crippen LogP) is 7.48. The lowest BCUT2D eigenvalue weighted by molar-refractivity contribution is -0.148. The van der Waals surface area contributed by atoms with Crippen molar-refractivity contribution in [3.63, 3.8) is 0 Å². The summed E-state index contributed by atoms with van der Waals surface area (Å²) in [4.78, 5) is 79.6. The van der Waals surface area contributed by atoms with Crippen LogP contribution in [-0.2, 0) is 33.4 Å². The van der Waals surface area contributed by atoms with E-state index >= 15 is 0 Å². The molecule has 1 saturated carbocycles. The van der Waals surface area contributed by atoms with Gasteiger partial charge in [-0.3, -0.25) is 24.1 Å². The summed E-state index contributed by atoms with van der Waals surface area (Å²) in [5.41, 5.74) is 0.695. The number of aliphatic hydroxyl groups is 1. The largest absolute Gasteiger partial charge is 0.431 e. The van der Waals surface area contributed by atoms with E-state index in [-0.39, 0.29) is 54.5 Å². The van der Waals surface area contributed by atoms with Crippen molar-refractivity contribution in [2.45, 2.75) is 166 Å². The Labute approximate surface area is 407 Å². The summed E-state index contributed by atoms with van der Waals surface area (Å²) in [6, 6.07) is 11.5. The van der Waals surface area contributed by atoms with Gasteiger partial charge in [0.25, 0.3) is 0 Å². The summed E-state index contributed by atoms with van der Waals surface area (Å²) < 4.78 is 18.3. The first-order chi connectivity index (χ1) is 31.8. The molecule has 3 N–H and O–H groups in total. The van der Waals surface area contributed by atoms with E-state index in [1.54, 1.807) is 51.1 Å². The number of hydrogen-bond donors (Lipinski definition) is 3. The third-order valence-corrected chi connectivity index (χ3v) is 16.6. The molecule has 4 rings (SSSR count). The summed E-state index contributed by atoms with van der Waals surface area (Å²) in [5, 5.41) is 17.7. The zero-order valence-corrected chi connectivity index (χ0v) is 43.4. The van der Waals surface area contributed by atoms with Gasteiger partial charge in [0.15, 0.2) is 4.93 Å². The second kappa shape index (κ2) is 26.2. The van der Waals surface area contributed by atoms with Gasteiger partial charge in [0.2, 0.25) is 23.6 Å². The predicted molar refractivity (Wildman–Crippen MR) is 264 cm³/mol.